The summed E-state index contributed by atoms with van der Waals surface area (Å²) in [6, 6.07) is 15.7. The lowest BCUT2D eigenvalue weighted by atomic mass is 10.1. The number of aryl methyl sites for hydroxylation is 1. The summed E-state index contributed by atoms with van der Waals surface area (Å²) >= 11 is 5.23. The molecule has 0 aliphatic heterocycles. The van der Waals surface area contributed by atoms with Gasteiger partial charge in [-0.15, -0.1) is 0 Å². The highest BCUT2D eigenvalue weighted by Gasteiger charge is 1.99. The van der Waals surface area contributed by atoms with Gasteiger partial charge in [-0.05, 0) is 55.9 Å². The summed E-state index contributed by atoms with van der Waals surface area (Å²) in [6.07, 6.45) is 0. The standard InChI is InChI=1S/C17H19N3OS/c1-12-4-6-14(7-5-12)13(2)19-20-17(22)18-15-8-10-16(21-3)11-9-15/h4-11H,1-3H3,(H2,18,20,22)/b19-13+. The van der Waals surface area contributed by atoms with Gasteiger partial charge in [0.1, 0.15) is 5.75 Å². The second-order valence-corrected chi connectivity index (χ2v) is 5.27. The highest BCUT2D eigenvalue weighted by Crippen LogP contribution is 2.14. The Hall–Kier alpha value is -2.40. The van der Waals surface area contributed by atoms with Crippen LogP contribution in [0, 0.1) is 6.92 Å². The number of ether oxygens (including phenoxy) is 1. The lowest BCUT2D eigenvalue weighted by Crippen LogP contribution is -2.24. The van der Waals surface area contributed by atoms with Crippen molar-refractivity contribution in [2.45, 2.75) is 13.8 Å². The molecule has 0 fully saturated rings. The number of hydrogen-bond donors (Lipinski definition) is 2. The van der Waals surface area contributed by atoms with E-state index >= 15 is 0 Å². The van der Waals surface area contributed by atoms with Crippen LogP contribution in [-0.2, 0) is 0 Å². The molecule has 2 aromatic carbocycles. The fraction of sp³-hybridized carbons (Fsp3) is 0.176. The number of anilines is 1. The first-order valence-electron chi connectivity index (χ1n) is 6.91. The van der Waals surface area contributed by atoms with E-state index < -0.39 is 0 Å². The third-order valence-electron chi connectivity index (χ3n) is 3.14. The van der Waals surface area contributed by atoms with Crippen molar-refractivity contribution in [2.24, 2.45) is 5.10 Å². The van der Waals surface area contributed by atoms with Crippen LogP contribution >= 0.6 is 12.2 Å². The molecule has 4 nitrogen and oxygen atoms in total. The molecule has 0 heterocycles. The molecular weight excluding hydrogens is 294 g/mol. The minimum Gasteiger partial charge on any atom is -0.497 e. The molecule has 114 valence electrons. The fourth-order valence-electron chi connectivity index (χ4n) is 1.83. The van der Waals surface area contributed by atoms with Crippen LogP contribution in [0.5, 0.6) is 5.75 Å². The van der Waals surface area contributed by atoms with Crippen molar-refractivity contribution >= 4 is 28.7 Å². The van der Waals surface area contributed by atoms with E-state index in [1.165, 1.54) is 5.56 Å². The molecule has 0 atom stereocenters. The van der Waals surface area contributed by atoms with Crippen LogP contribution in [0.25, 0.3) is 0 Å². The topological polar surface area (TPSA) is 45.6 Å². The number of hydrazone groups is 1. The first kappa shape index (κ1) is 16.0. The Kier molecular flexibility index (Phi) is 5.49. The highest BCUT2D eigenvalue weighted by molar-refractivity contribution is 7.80. The Morgan fingerprint density at radius 3 is 2.27 bits per heavy atom. The summed E-state index contributed by atoms with van der Waals surface area (Å²) in [4.78, 5) is 0. The van der Waals surface area contributed by atoms with E-state index in [1.54, 1.807) is 7.11 Å². The second-order valence-electron chi connectivity index (χ2n) is 4.86. The van der Waals surface area contributed by atoms with Crippen molar-refractivity contribution < 1.29 is 4.74 Å². The van der Waals surface area contributed by atoms with Gasteiger partial charge >= 0.3 is 0 Å². The number of methoxy groups -OCH3 is 1. The molecule has 5 heteroatoms. The van der Waals surface area contributed by atoms with Crippen LogP contribution in [0.15, 0.2) is 53.6 Å². The lowest BCUT2D eigenvalue weighted by molar-refractivity contribution is 0.415. The number of benzene rings is 2. The summed E-state index contributed by atoms with van der Waals surface area (Å²) in [5.41, 5.74) is 6.88. The molecule has 22 heavy (non-hydrogen) atoms. The Morgan fingerprint density at radius 1 is 1.05 bits per heavy atom. The van der Waals surface area contributed by atoms with Crippen LogP contribution in [-0.4, -0.2) is 17.9 Å². The minimum absolute atomic E-state index is 0.441. The predicted octanol–water partition coefficient (Wildman–Crippen LogP) is 3.71. The average Bonchev–Trinajstić information content (AvgIpc) is 2.54. The van der Waals surface area contributed by atoms with Crippen molar-refractivity contribution in [1.82, 2.24) is 5.43 Å². The molecule has 0 amide bonds. The van der Waals surface area contributed by atoms with Crippen molar-refractivity contribution in [3.8, 4) is 5.75 Å². The smallest absolute Gasteiger partial charge is 0.191 e. The average molecular weight is 313 g/mol. The Bertz CT molecular complexity index is 663. The number of hydrogen-bond acceptors (Lipinski definition) is 3. The van der Waals surface area contributed by atoms with Crippen molar-refractivity contribution in [2.75, 3.05) is 12.4 Å². The largest absolute Gasteiger partial charge is 0.497 e. The van der Waals surface area contributed by atoms with E-state index in [1.807, 2.05) is 43.3 Å². The quantitative estimate of drug-likeness (QED) is 0.513. The Labute approximate surface area is 136 Å². The second kappa shape index (κ2) is 7.56. The van der Waals surface area contributed by atoms with Gasteiger partial charge in [0.15, 0.2) is 5.11 Å². The van der Waals surface area contributed by atoms with Crippen molar-refractivity contribution in [3.63, 3.8) is 0 Å². The normalized spacial score (nSPS) is 11.0. The zero-order valence-corrected chi connectivity index (χ0v) is 13.7. The summed E-state index contributed by atoms with van der Waals surface area (Å²) in [5, 5.41) is 7.80. The SMILES string of the molecule is COc1ccc(NC(=S)N/N=C(\C)c2ccc(C)cc2)cc1. The van der Waals surface area contributed by atoms with E-state index in [2.05, 4.69) is 34.9 Å². The van der Waals surface area contributed by atoms with Crippen molar-refractivity contribution in [1.29, 1.82) is 0 Å². The van der Waals surface area contributed by atoms with Gasteiger partial charge in [0, 0.05) is 5.69 Å². The Balaban J connectivity index is 1.93. The van der Waals surface area contributed by atoms with Gasteiger partial charge < -0.3 is 10.1 Å². The van der Waals surface area contributed by atoms with E-state index in [-0.39, 0.29) is 0 Å². The van der Waals surface area contributed by atoms with Crippen LogP contribution in [0.1, 0.15) is 18.1 Å². The maximum Gasteiger partial charge on any atom is 0.191 e. The summed E-state index contributed by atoms with van der Waals surface area (Å²) < 4.78 is 5.11. The summed E-state index contributed by atoms with van der Waals surface area (Å²) in [5.74, 6) is 0.803. The summed E-state index contributed by atoms with van der Waals surface area (Å²) in [6.45, 7) is 4.00. The molecule has 0 aliphatic carbocycles. The van der Waals surface area contributed by atoms with Gasteiger partial charge in [-0.1, -0.05) is 29.8 Å². The van der Waals surface area contributed by atoms with Crippen molar-refractivity contribution in [3.05, 3.63) is 59.7 Å². The Morgan fingerprint density at radius 2 is 1.68 bits per heavy atom. The van der Waals surface area contributed by atoms with Gasteiger partial charge in [-0.25, -0.2) is 0 Å². The van der Waals surface area contributed by atoms with Gasteiger partial charge in [-0.3, -0.25) is 5.43 Å². The van der Waals surface area contributed by atoms with Crippen LogP contribution in [0.2, 0.25) is 0 Å². The first-order valence-corrected chi connectivity index (χ1v) is 7.31. The van der Waals surface area contributed by atoms with E-state index in [0.29, 0.717) is 5.11 Å². The zero-order valence-electron chi connectivity index (χ0n) is 12.9. The third-order valence-corrected chi connectivity index (χ3v) is 3.34. The van der Waals surface area contributed by atoms with E-state index in [9.17, 15) is 0 Å². The van der Waals surface area contributed by atoms with E-state index in [4.69, 9.17) is 17.0 Å². The van der Waals surface area contributed by atoms with E-state index in [0.717, 1.165) is 22.7 Å². The zero-order chi connectivity index (χ0) is 15.9. The first-order chi connectivity index (χ1) is 10.6. The van der Waals surface area contributed by atoms with Crippen LogP contribution < -0.4 is 15.5 Å². The molecule has 0 aromatic heterocycles. The fourth-order valence-corrected chi connectivity index (χ4v) is 1.99. The number of nitrogens with one attached hydrogen (secondary N) is 2. The molecule has 0 unspecified atom stereocenters. The van der Waals surface area contributed by atoms with Gasteiger partial charge in [0.2, 0.25) is 0 Å². The lowest BCUT2D eigenvalue weighted by Gasteiger charge is -2.09. The number of rotatable bonds is 4. The van der Waals surface area contributed by atoms with Gasteiger partial charge in [-0.2, -0.15) is 5.10 Å². The van der Waals surface area contributed by atoms with Gasteiger partial charge in [0.25, 0.3) is 0 Å². The monoisotopic (exact) mass is 313 g/mol. The third kappa shape index (κ3) is 4.56. The van der Waals surface area contributed by atoms with Crippen LogP contribution in [0.3, 0.4) is 0 Å². The molecule has 2 aromatic rings. The molecule has 2 N–H and O–H groups in total. The highest BCUT2D eigenvalue weighted by atomic mass is 32.1. The van der Waals surface area contributed by atoms with Gasteiger partial charge in [0.05, 0.1) is 12.8 Å². The molecular formula is C17H19N3OS. The molecule has 0 spiro atoms. The maximum absolute atomic E-state index is 5.23. The predicted molar refractivity (Wildman–Crippen MR) is 95.7 cm³/mol. The number of thiocarbonyl (C=S) groups is 1. The molecule has 0 radical (unpaired) electrons. The molecule has 0 aliphatic rings. The molecule has 2 rings (SSSR count). The molecule has 0 bridgehead atoms. The molecule has 0 saturated heterocycles. The van der Waals surface area contributed by atoms with Crippen LogP contribution in [0.4, 0.5) is 5.69 Å². The number of nitrogens with zero attached hydrogens (tertiary/aromatic N) is 1. The molecule has 0 saturated carbocycles. The minimum atomic E-state index is 0.441. The summed E-state index contributed by atoms with van der Waals surface area (Å²) in [7, 11) is 1.64. The maximum atomic E-state index is 5.23.